The van der Waals surface area contributed by atoms with Crippen LogP contribution in [-0.4, -0.2) is 25.0 Å². The smallest absolute Gasteiger partial charge is 0.116 e. The van der Waals surface area contributed by atoms with E-state index in [2.05, 4.69) is 26.3 Å². The first-order chi connectivity index (χ1) is 7.92. The molecule has 3 rings (SSSR count). The summed E-state index contributed by atoms with van der Waals surface area (Å²) in [5, 5.41) is 8.74. The molecular weight excluding hydrogens is 202 g/mol. The van der Waals surface area contributed by atoms with Gasteiger partial charge in [0, 0.05) is 17.8 Å². The highest BCUT2D eigenvalue weighted by Crippen LogP contribution is 2.12. The Kier molecular flexibility index (Phi) is 2.07. The Hall–Kier alpha value is -2.30. The van der Waals surface area contributed by atoms with Crippen LogP contribution in [-0.2, 0) is 6.54 Å². The Bertz CT molecular complexity index is 603. The predicted octanol–water partition coefficient (Wildman–Crippen LogP) is 1.27. The molecule has 0 aliphatic rings. The van der Waals surface area contributed by atoms with Crippen LogP contribution in [0.4, 0.5) is 0 Å². The number of aromatic nitrogens is 5. The number of benzene rings is 1. The molecule has 0 aliphatic carbocycles. The minimum Gasteiger partial charge on any atom is -0.248 e. The Morgan fingerprint density at radius 1 is 1.25 bits per heavy atom. The van der Waals surface area contributed by atoms with E-state index in [1.807, 2.05) is 24.5 Å². The van der Waals surface area contributed by atoms with Gasteiger partial charge in [-0.05, 0) is 17.7 Å². The average molecular weight is 211 g/mol. The van der Waals surface area contributed by atoms with Gasteiger partial charge in [-0.3, -0.25) is 0 Å². The van der Waals surface area contributed by atoms with Crippen molar-refractivity contribution < 1.29 is 0 Å². The summed E-state index contributed by atoms with van der Waals surface area (Å²) in [5.74, 6) is 0. The third-order valence-corrected chi connectivity index (χ3v) is 2.39. The van der Waals surface area contributed by atoms with Gasteiger partial charge in [0.15, 0.2) is 0 Å². The molecule has 5 nitrogen and oxygen atoms in total. The first-order valence-electron chi connectivity index (χ1n) is 4.94. The van der Waals surface area contributed by atoms with E-state index in [1.165, 1.54) is 0 Å². The minimum absolute atomic E-state index is 0.713. The second-order valence-corrected chi connectivity index (χ2v) is 3.52. The van der Waals surface area contributed by atoms with Crippen molar-refractivity contribution >= 4 is 10.9 Å². The molecule has 0 atom stereocenters. The van der Waals surface area contributed by atoms with Crippen LogP contribution in [0.1, 0.15) is 5.56 Å². The maximum Gasteiger partial charge on any atom is 0.116 e. The zero-order chi connectivity index (χ0) is 10.8. The van der Waals surface area contributed by atoms with Crippen molar-refractivity contribution in [3.8, 4) is 0 Å². The molecule has 0 aliphatic heterocycles. The SMILES string of the molecule is c1cn(Cc2ccc3ncncc3c2)nn1. The van der Waals surface area contributed by atoms with Crippen molar-refractivity contribution in [2.24, 2.45) is 0 Å². The van der Waals surface area contributed by atoms with Crippen LogP contribution in [0.25, 0.3) is 10.9 Å². The summed E-state index contributed by atoms with van der Waals surface area (Å²) < 4.78 is 1.78. The molecule has 0 saturated heterocycles. The average Bonchev–Trinajstić information content (AvgIpc) is 2.82. The molecule has 0 unspecified atom stereocenters. The van der Waals surface area contributed by atoms with E-state index in [1.54, 1.807) is 17.2 Å². The Labute approximate surface area is 91.8 Å². The molecule has 2 aromatic heterocycles. The molecule has 16 heavy (non-hydrogen) atoms. The fourth-order valence-corrected chi connectivity index (χ4v) is 1.64. The monoisotopic (exact) mass is 211 g/mol. The zero-order valence-corrected chi connectivity index (χ0v) is 8.48. The van der Waals surface area contributed by atoms with Gasteiger partial charge in [-0.15, -0.1) is 5.10 Å². The summed E-state index contributed by atoms with van der Waals surface area (Å²) in [4.78, 5) is 8.18. The molecule has 3 aromatic rings. The van der Waals surface area contributed by atoms with Crippen LogP contribution >= 0.6 is 0 Å². The van der Waals surface area contributed by atoms with E-state index < -0.39 is 0 Å². The lowest BCUT2D eigenvalue weighted by Crippen LogP contribution is -2.00. The number of nitrogens with zero attached hydrogens (tertiary/aromatic N) is 5. The lowest BCUT2D eigenvalue weighted by molar-refractivity contribution is 0.650. The summed E-state index contributed by atoms with van der Waals surface area (Å²) in [6.45, 7) is 0.713. The van der Waals surface area contributed by atoms with Crippen LogP contribution in [0.3, 0.4) is 0 Å². The van der Waals surface area contributed by atoms with E-state index in [0.717, 1.165) is 16.5 Å². The third kappa shape index (κ3) is 1.63. The normalized spacial score (nSPS) is 10.8. The van der Waals surface area contributed by atoms with Gasteiger partial charge in [0.05, 0.1) is 18.3 Å². The first kappa shape index (κ1) is 8.96. The van der Waals surface area contributed by atoms with Crippen LogP contribution in [0.2, 0.25) is 0 Å². The Morgan fingerprint density at radius 3 is 3.12 bits per heavy atom. The highest BCUT2D eigenvalue weighted by atomic mass is 15.4. The van der Waals surface area contributed by atoms with Gasteiger partial charge >= 0.3 is 0 Å². The molecule has 0 N–H and O–H groups in total. The molecule has 78 valence electrons. The van der Waals surface area contributed by atoms with Crippen LogP contribution in [0.15, 0.2) is 43.1 Å². The highest BCUT2D eigenvalue weighted by Gasteiger charge is 1.98. The Balaban J connectivity index is 1.99. The van der Waals surface area contributed by atoms with Crippen molar-refractivity contribution in [3.63, 3.8) is 0 Å². The molecule has 0 radical (unpaired) electrons. The molecular formula is C11H9N5. The number of rotatable bonds is 2. The van der Waals surface area contributed by atoms with Gasteiger partial charge in [-0.25, -0.2) is 14.6 Å². The van der Waals surface area contributed by atoms with Crippen molar-refractivity contribution in [3.05, 3.63) is 48.7 Å². The molecule has 0 amide bonds. The van der Waals surface area contributed by atoms with E-state index in [-0.39, 0.29) is 0 Å². The third-order valence-electron chi connectivity index (χ3n) is 2.39. The summed E-state index contributed by atoms with van der Waals surface area (Å²) >= 11 is 0. The standard InChI is InChI=1S/C11H9N5/c1-2-11-10(6-12-8-13-11)5-9(1)7-16-4-3-14-15-16/h1-6,8H,7H2. The van der Waals surface area contributed by atoms with Crippen molar-refractivity contribution in [2.45, 2.75) is 6.54 Å². The molecule has 0 spiro atoms. The first-order valence-corrected chi connectivity index (χ1v) is 4.94. The molecule has 5 heteroatoms. The largest absolute Gasteiger partial charge is 0.248 e. The Morgan fingerprint density at radius 2 is 2.25 bits per heavy atom. The lowest BCUT2D eigenvalue weighted by atomic mass is 10.1. The summed E-state index contributed by atoms with van der Waals surface area (Å²) in [6, 6.07) is 6.09. The topological polar surface area (TPSA) is 56.5 Å². The minimum atomic E-state index is 0.713. The van der Waals surface area contributed by atoms with Gasteiger partial charge < -0.3 is 0 Å². The fourth-order valence-electron chi connectivity index (χ4n) is 1.64. The van der Waals surface area contributed by atoms with Gasteiger partial charge in [0.25, 0.3) is 0 Å². The van der Waals surface area contributed by atoms with Gasteiger partial charge in [0.2, 0.25) is 0 Å². The van der Waals surface area contributed by atoms with E-state index in [9.17, 15) is 0 Å². The van der Waals surface area contributed by atoms with Crippen LogP contribution < -0.4 is 0 Å². The van der Waals surface area contributed by atoms with Crippen molar-refractivity contribution in [1.29, 1.82) is 0 Å². The van der Waals surface area contributed by atoms with Crippen molar-refractivity contribution in [2.75, 3.05) is 0 Å². The summed E-state index contributed by atoms with van der Waals surface area (Å²) in [6.07, 6.45) is 6.88. The van der Waals surface area contributed by atoms with Crippen LogP contribution in [0.5, 0.6) is 0 Å². The highest BCUT2D eigenvalue weighted by molar-refractivity contribution is 5.77. The second kappa shape index (κ2) is 3.69. The zero-order valence-electron chi connectivity index (χ0n) is 8.48. The van der Waals surface area contributed by atoms with Crippen LogP contribution in [0, 0.1) is 0 Å². The molecule has 0 bridgehead atoms. The maximum atomic E-state index is 4.17. The van der Waals surface area contributed by atoms with Gasteiger partial charge in [-0.2, -0.15) is 0 Å². The molecule has 0 fully saturated rings. The summed E-state index contributed by atoms with van der Waals surface area (Å²) in [5.41, 5.74) is 2.12. The molecule has 2 heterocycles. The predicted molar refractivity (Wildman–Crippen MR) is 58.7 cm³/mol. The number of hydrogen-bond acceptors (Lipinski definition) is 4. The maximum absolute atomic E-state index is 4.17. The number of hydrogen-bond donors (Lipinski definition) is 0. The summed E-state index contributed by atoms with van der Waals surface area (Å²) in [7, 11) is 0. The molecule has 1 aromatic carbocycles. The van der Waals surface area contributed by atoms with Crippen molar-refractivity contribution in [1.82, 2.24) is 25.0 Å². The van der Waals surface area contributed by atoms with E-state index >= 15 is 0 Å². The van der Waals surface area contributed by atoms with E-state index in [0.29, 0.717) is 6.54 Å². The van der Waals surface area contributed by atoms with E-state index in [4.69, 9.17) is 0 Å². The molecule has 0 saturated carbocycles. The second-order valence-electron chi connectivity index (χ2n) is 3.52. The quantitative estimate of drug-likeness (QED) is 0.640. The van der Waals surface area contributed by atoms with Gasteiger partial charge in [-0.1, -0.05) is 11.3 Å². The van der Waals surface area contributed by atoms with Gasteiger partial charge in [0.1, 0.15) is 6.33 Å². The fraction of sp³-hybridized carbons (Fsp3) is 0.0909. The lowest BCUT2D eigenvalue weighted by Gasteiger charge is -2.02. The number of fused-ring (bicyclic) bond motifs is 1.